The minimum atomic E-state index is -3.96. The van der Waals surface area contributed by atoms with Gasteiger partial charge >= 0.3 is 12.3 Å². The molecule has 112 valence electrons. The maximum Gasteiger partial charge on any atom is 0.319 e. The molecule has 0 bridgehead atoms. The molecule has 0 saturated carbocycles. The Morgan fingerprint density at radius 1 is 1.30 bits per heavy atom. The summed E-state index contributed by atoms with van der Waals surface area (Å²) >= 11 is 0. The van der Waals surface area contributed by atoms with Gasteiger partial charge in [-0.05, 0) is 25.0 Å². The first kappa shape index (κ1) is 15.0. The normalized spacial score (nSPS) is 17.8. The number of hydrogen-bond acceptors (Lipinski definition) is 3. The van der Waals surface area contributed by atoms with Crippen LogP contribution >= 0.6 is 0 Å². The van der Waals surface area contributed by atoms with Crippen LogP contribution < -0.4 is 10.2 Å². The second kappa shape index (κ2) is 6.39. The summed E-state index contributed by atoms with van der Waals surface area (Å²) in [4.78, 5) is 6.28. The first-order valence-corrected chi connectivity index (χ1v) is 6.54. The van der Waals surface area contributed by atoms with Crippen LogP contribution in [0.5, 0.6) is 0 Å². The molecule has 3 nitrogen and oxygen atoms in total. The smallest absolute Gasteiger partial charge is 0.319 e. The number of pyridine rings is 1. The van der Waals surface area contributed by atoms with Crippen LogP contribution in [0.2, 0.25) is 0 Å². The molecule has 0 unspecified atom stereocenters. The molecular formula is C13H17F4N3. The van der Waals surface area contributed by atoms with Crippen LogP contribution in [-0.4, -0.2) is 43.0 Å². The Kier molecular flexibility index (Phi) is 4.80. The van der Waals surface area contributed by atoms with Gasteiger partial charge in [-0.3, -0.25) is 0 Å². The Labute approximate surface area is 115 Å². The van der Waals surface area contributed by atoms with Crippen LogP contribution in [0.3, 0.4) is 0 Å². The van der Waals surface area contributed by atoms with Gasteiger partial charge in [0.1, 0.15) is 5.82 Å². The third kappa shape index (κ3) is 3.82. The average Bonchev–Trinajstić information content (AvgIpc) is 2.46. The SMILES string of the molecule is FC(F)C(F)(F)CNC1CCN(c2ccccn2)CC1. The van der Waals surface area contributed by atoms with Gasteiger partial charge in [0.05, 0.1) is 6.54 Å². The molecule has 0 aliphatic carbocycles. The lowest BCUT2D eigenvalue weighted by Gasteiger charge is -2.33. The quantitative estimate of drug-likeness (QED) is 0.845. The second-order valence-electron chi connectivity index (χ2n) is 4.89. The number of halogens is 4. The lowest BCUT2D eigenvalue weighted by Crippen LogP contribution is -2.48. The minimum Gasteiger partial charge on any atom is -0.357 e. The topological polar surface area (TPSA) is 28.2 Å². The predicted octanol–water partition coefficient (Wildman–Crippen LogP) is 2.54. The Balaban J connectivity index is 1.78. The van der Waals surface area contributed by atoms with Crippen molar-refractivity contribution >= 4 is 5.82 Å². The van der Waals surface area contributed by atoms with E-state index in [1.807, 2.05) is 18.2 Å². The third-order valence-electron chi connectivity index (χ3n) is 3.41. The molecular weight excluding hydrogens is 274 g/mol. The van der Waals surface area contributed by atoms with Gasteiger partial charge in [-0.25, -0.2) is 13.8 Å². The van der Waals surface area contributed by atoms with Gasteiger partial charge in [0.2, 0.25) is 0 Å². The molecule has 1 aromatic rings. The van der Waals surface area contributed by atoms with Crippen molar-refractivity contribution in [2.24, 2.45) is 0 Å². The fourth-order valence-electron chi connectivity index (χ4n) is 2.21. The van der Waals surface area contributed by atoms with Crippen molar-refractivity contribution in [3.05, 3.63) is 24.4 Å². The zero-order valence-electron chi connectivity index (χ0n) is 10.9. The summed E-state index contributed by atoms with van der Waals surface area (Å²) in [6, 6.07) is 5.44. The number of aromatic nitrogens is 1. The number of hydrogen-bond donors (Lipinski definition) is 1. The minimum absolute atomic E-state index is 0.153. The Morgan fingerprint density at radius 3 is 2.55 bits per heavy atom. The molecule has 7 heteroatoms. The zero-order chi connectivity index (χ0) is 14.6. The van der Waals surface area contributed by atoms with Crippen LogP contribution in [0.1, 0.15) is 12.8 Å². The fourth-order valence-corrected chi connectivity index (χ4v) is 2.21. The van der Waals surface area contributed by atoms with Crippen LogP contribution in [0.15, 0.2) is 24.4 Å². The molecule has 0 aromatic carbocycles. The highest BCUT2D eigenvalue weighted by molar-refractivity contribution is 5.38. The number of nitrogens with one attached hydrogen (secondary N) is 1. The Morgan fingerprint density at radius 2 is 2.00 bits per heavy atom. The molecule has 1 aromatic heterocycles. The van der Waals surface area contributed by atoms with Crippen molar-refractivity contribution in [3.63, 3.8) is 0 Å². The molecule has 1 aliphatic rings. The number of alkyl halides is 4. The van der Waals surface area contributed by atoms with Gasteiger partial charge in [-0.15, -0.1) is 0 Å². The average molecular weight is 291 g/mol. The summed E-state index contributed by atoms with van der Waals surface area (Å²) < 4.78 is 49.7. The first-order chi connectivity index (χ1) is 9.49. The Bertz CT molecular complexity index is 405. The van der Waals surface area contributed by atoms with E-state index in [0.717, 1.165) is 5.82 Å². The van der Waals surface area contributed by atoms with E-state index in [2.05, 4.69) is 15.2 Å². The molecule has 0 atom stereocenters. The van der Waals surface area contributed by atoms with Gasteiger partial charge in [0.25, 0.3) is 0 Å². The molecule has 0 amide bonds. The maximum atomic E-state index is 12.8. The van der Waals surface area contributed by atoms with E-state index in [1.165, 1.54) is 0 Å². The largest absolute Gasteiger partial charge is 0.357 e. The van der Waals surface area contributed by atoms with E-state index < -0.39 is 18.9 Å². The van der Waals surface area contributed by atoms with Gasteiger partial charge in [-0.1, -0.05) is 6.07 Å². The second-order valence-corrected chi connectivity index (χ2v) is 4.89. The molecule has 0 radical (unpaired) electrons. The van der Waals surface area contributed by atoms with E-state index >= 15 is 0 Å². The highest BCUT2D eigenvalue weighted by atomic mass is 19.3. The summed E-state index contributed by atoms with van der Waals surface area (Å²) in [6.07, 6.45) is -0.655. The van der Waals surface area contributed by atoms with Crippen molar-refractivity contribution in [2.45, 2.75) is 31.2 Å². The van der Waals surface area contributed by atoms with Crippen molar-refractivity contribution < 1.29 is 17.6 Å². The predicted molar refractivity (Wildman–Crippen MR) is 68.4 cm³/mol. The maximum absolute atomic E-state index is 12.8. The lowest BCUT2D eigenvalue weighted by molar-refractivity contribution is -0.126. The van der Waals surface area contributed by atoms with Gasteiger partial charge in [0.15, 0.2) is 0 Å². The lowest BCUT2D eigenvalue weighted by atomic mass is 10.0. The van der Waals surface area contributed by atoms with Crippen molar-refractivity contribution in [1.82, 2.24) is 10.3 Å². The summed E-state index contributed by atoms with van der Waals surface area (Å²) in [5.41, 5.74) is 0. The van der Waals surface area contributed by atoms with E-state index in [9.17, 15) is 17.6 Å². The summed E-state index contributed by atoms with van der Waals surface area (Å²) in [5.74, 6) is -3.11. The highest BCUT2D eigenvalue weighted by Gasteiger charge is 2.40. The highest BCUT2D eigenvalue weighted by Crippen LogP contribution is 2.23. The molecule has 1 saturated heterocycles. The van der Waals surface area contributed by atoms with Crippen LogP contribution in [0.25, 0.3) is 0 Å². The summed E-state index contributed by atoms with van der Waals surface area (Å²) in [6.45, 7) is 0.378. The van der Waals surface area contributed by atoms with Crippen LogP contribution in [-0.2, 0) is 0 Å². The standard InChI is InChI=1S/C13H17F4N3/c14-12(15)13(16,17)9-19-10-4-7-20(8-5-10)11-3-1-2-6-18-11/h1-3,6,10,12,19H,4-5,7-9H2. The number of anilines is 1. The molecule has 1 aliphatic heterocycles. The first-order valence-electron chi connectivity index (χ1n) is 6.54. The molecule has 2 heterocycles. The zero-order valence-corrected chi connectivity index (χ0v) is 10.9. The van der Waals surface area contributed by atoms with E-state index in [-0.39, 0.29) is 6.04 Å². The molecule has 1 N–H and O–H groups in total. The summed E-state index contributed by atoms with van der Waals surface area (Å²) in [5, 5.41) is 2.54. The van der Waals surface area contributed by atoms with Crippen LogP contribution in [0.4, 0.5) is 23.4 Å². The van der Waals surface area contributed by atoms with E-state index in [0.29, 0.717) is 25.9 Å². The fraction of sp³-hybridized carbons (Fsp3) is 0.615. The van der Waals surface area contributed by atoms with E-state index in [1.54, 1.807) is 6.20 Å². The summed E-state index contributed by atoms with van der Waals surface area (Å²) in [7, 11) is 0. The van der Waals surface area contributed by atoms with Crippen molar-refractivity contribution in [3.8, 4) is 0 Å². The third-order valence-corrected chi connectivity index (χ3v) is 3.41. The van der Waals surface area contributed by atoms with E-state index in [4.69, 9.17) is 0 Å². The van der Waals surface area contributed by atoms with Gasteiger partial charge in [-0.2, -0.15) is 8.78 Å². The molecule has 1 fully saturated rings. The monoisotopic (exact) mass is 291 g/mol. The molecule has 0 spiro atoms. The van der Waals surface area contributed by atoms with Crippen LogP contribution in [0, 0.1) is 0 Å². The number of rotatable bonds is 5. The van der Waals surface area contributed by atoms with Crippen molar-refractivity contribution in [1.29, 1.82) is 0 Å². The number of nitrogens with zero attached hydrogens (tertiary/aromatic N) is 2. The number of piperidine rings is 1. The van der Waals surface area contributed by atoms with Gasteiger partial charge < -0.3 is 10.2 Å². The Hall–Kier alpha value is -1.37. The van der Waals surface area contributed by atoms with Crippen molar-refractivity contribution in [2.75, 3.05) is 24.5 Å². The molecule has 2 rings (SSSR count). The van der Waals surface area contributed by atoms with Gasteiger partial charge in [0, 0.05) is 25.3 Å². The molecule has 20 heavy (non-hydrogen) atoms.